The van der Waals surface area contributed by atoms with Crippen LogP contribution in [0.5, 0.6) is 0 Å². The smallest absolute Gasteiger partial charge is 0.272 e. The quantitative estimate of drug-likeness (QED) is 0.388. The number of nitrogens with one attached hydrogen (secondary N) is 1. The van der Waals surface area contributed by atoms with Gasteiger partial charge in [0.05, 0.1) is 23.5 Å². The van der Waals surface area contributed by atoms with Gasteiger partial charge in [-0.3, -0.25) is 4.79 Å². The molecule has 4 aromatic rings. The highest BCUT2D eigenvalue weighted by Gasteiger charge is 2.25. The zero-order valence-electron chi connectivity index (χ0n) is 19.5. The van der Waals surface area contributed by atoms with Crippen LogP contribution in [-0.4, -0.2) is 41.9 Å². The first-order valence-corrected chi connectivity index (χ1v) is 12.4. The van der Waals surface area contributed by atoms with E-state index in [0.29, 0.717) is 27.3 Å². The van der Waals surface area contributed by atoms with Gasteiger partial charge in [-0.1, -0.05) is 66.7 Å². The molecule has 1 amide bonds. The molecule has 35 heavy (non-hydrogen) atoms. The lowest BCUT2D eigenvalue weighted by molar-refractivity contribution is 0.0921. The zero-order chi connectivity index (χ0) is 24.5. The van der Waals surface area contributed by atoms with Crippen molar-refractivity contribution >= 4 is 29.1 Å². The summed E-state index contributed by atoms with van der Waals surface area (Å²) in [6.07, 6.45) is 5.49. The van der Waals surface area contributed by atoms with Crippen LogP contribution in [0.25, 0.3) is 28.3 Å². The SMILES string of the molecule is Cc1c(C(=O)NC2CCCCC2)nn(-c2ccc(Cl)cc2Cl)c1-c1ccc(-c2nnn(C)n2)cc1. The van der Waals surface area contributed by atoms with E-state index in [1.807, 2.05) is 31.2 Å². The number of benzene rings is 2. The van der Waals surface area contributed by atoms with Crippen molar-refractivity contribution in [1.82, 2.24) is 35.3 Å². The van der Waals surface area contributed by atoms with Crippen LogP contribution < -0.4 is 5.32 Å². The van der Waals surface area contributed by atoms with Crippen LogP contribution in [0, 0.1) is 6.92 Å². The minimum absolute atomic E-state index is 0.167. The van der Waals surface area contributed by atoms with E-state index < -0.39 is 0 Å². The van der Waals surface area contributed by atoms with Crippen LogP contribution in [0.2, 0.25) is 10.0 Å². The molecular weight excluding hydrogens is 485 g/mol. The highest BCUT2D eigenvalue weighted by Crippen LogP contribution is 2.33. The average molecular weight is 510 g/mol. The van der Waals surface area contributed by atoms with Gasteiger partial charge in [-0.05, 0) is 43.2 Å². The molecule has 8 nitrogen and oxygen atoms in total. The summed E-state index contributed by atoms with van der Waals surface area (Å²) in [6, 6.07) is 13.2. The molecule has 0 aliphatic heterocycles. The molecular formula is C25H25Cl2N7O. The predicted octanol–water partition coefficient (Wildman–Crippen LogP) is 5.41. The first kappa shape index (κ1) is 23.5. The number of amides is 1. The van der Waals surface area contributed by atoms with Gasteiger partial charge in [-0.25, -0.2) is 4.68 Å². The second-order valence-corrected chi connectivity index (χ2v) is 9.66. The minimum Gasteiger partial charge on any atom is -0.348 e. The number of carbonyl (C=O) groups excluding carboxylic acids is 1. The highest BCUT2D eigenvalue weighted by atomic mass is 35.5. The summed E-state index contributed by atoms with van der Waals surface area (Å²) in [4.78, 5) is 14.7. The van der Waals surface area contributed by atoms with Crippen molar-refractivity contribution in [3.63, 3.8) is 0 Å². The predicted molar refractivity (Wildman–Crippen MR) is 136 cm³/mol. The summed E-state index contributed by atoms with van der Waals surface area (Å²) in [5, 5.41) is 21.1. The molecule has 1 N–H and O–H groups in total. The van der Waals surface area contributed by atoms with Crippen LogP contribution in [0.4, 0.5) is 0 Å². The Morgan fingerprint density at radius 1 is 1.00 bits per heavy atom. The second-order valence-electron chi connectivity index (χ2n) is 8.82. The Morgan fingerprint density at radius 3 is 2.37 bits per heavy atom. The van der Waals surface area contributed by atoms with E-state index in [9.17, 15) is 4.79 Å². The van der Waals surface area contributed by atoms with Gasteiger partial charge in [-0.2, -0.15) is 9.90 Å². The minimum atomic E-state index is -0.167. The van der Waals surface area contributed by atoms with E-state index in [-0.39, 0.29) is 11.9 Å². The maximum atomic E-state index is 13.3. The second kappa shape index (κ2) is 9.79. The first-order valence-electron chi connectivity index (χ1n) is 11.6. The van der Waals surface area contributed by atoms with Crippen LogP contribution in [0.1, 0.15) is 48.2 Å². The summed E-state index contributed by atoms with van der Waals surface area (Å²) >= 11 is 12.7. The van der Waals surface area contributed by atoms with Crippen molar-refractivity contribution in [2.24, 2.45) is 7.05 Å². The molecule has 2 aromatic carbocycles. The average Bonchev–Trinajstić information content (AvgIpc) is 3.43. The van der Waals surface area contributed by atoms with Gasteiger partial charge in [0.1, 0.15) is 0 Å². The third-order valence-electron chi connectivity index (χ3n) is 6.34. The summed E-state index contributed by atoms with van der Waals surface area (Å²) in [7, 11) is 1.72. The van der Waals surface area contributed by atoms with Crippen molar-refractivity contribution in [3.05, 3.63) is 63.8 Å². The van der Waals surface area contributed by atoms with Crippen molar-refractivity contribution in [2.45, 2.75) is 45.1 Å². The highest BCUT2D eigenvalue weighted by molar-refractivity contribution is 6.35. The largest absolute Gasteiger partial charge is 0.348 e. The fraction of sp³-hybridized carbons (Fsp3) is 0.320. The molecule has 180 valence electrons. The molecule has 5 rings (SSSR count). The number of hydrogen-bond donors (Lipinski definition) is 1. The number of aromatic nitrogens is 6. The lowest BCUT2D eigenvalue weighted by Crippen LogP contribution is -2.36. The standard InChI is InChI=1S/C25H25Cl2N7O/c1-15-22(25(35)28-19-6-4-3-5-7-19)30-34(21-13-12-18(26)14-20(21)27)23(15)16-8-10-17(11-9-16)24-29-32-33(2)31-24/h8-14,19H,3-7H2,1-2H3,(H,28,35). The number of rotatable bonds is 5. The molecule has 10 heteroatoms. The molecule has 1 saturated carbocycles. The Morgan fingerprint density at radius 2 is 1.71 bits per heavy atom. The lowest BCUT2D eigenvalue weighted by Gasteiger charge is -2.22. The van der Waals surface area contributed by atoms with Gasteiger partial charge in [0.2, 0.25) is 5.82 Å². The van der Waals surface area contributed by atoms with E-state index in [4.69, 9.17) is 28.3 Å². The fourth-order valence-electron chi connectivity index (χ4n) is 4.56. The van der Waals surface area contributed by atoms with Gasteiger partial charge in [0.15, 0.2) is 5.69 Å². The maximum absolute atomic E-state index is 13.3. The van der Waals surface area contributed by atoms with Gasteiger partial charge in [0.25, 0.3) is 5.91 Å². The van der Waals surface area contributed by atoms with Gasteiger partial charge in [0, 0.05) is 27.8 Å². The first-order chi connectivity index (χ1) is 16.9. The number of aryl methyl sites for hydroxylation is 1. The van der Waals surface area contributed by atoms with E-state index in [0.717, 1.165) is 48.1 Å². The van der Waals surface area contributed by atoms with E-state index in [1.165, 1.54) is 11.2 Å². The number of tetrazole rings is 1. The van der Waals surface area contributed by atoms with Crippen LogP contribution in [0.3, 0.4) is 0 Å². The van der Waals surface area contributed by atoms with E-state index >= 15 is 0 Å². The van der Waals surface area contributed by atoms with Crippen molar-refractivity contribution in [3.8, 4) is 28.3 Å². The molecule has 2 aromatic heterocycles. The fourth-order valence-corrected chi connectivity index (χ4v) is 5.04. The number of nitrogens with zero attached hydrogens (tertiary/aromatic N) is 6. The lowest BCUT2D eigenvalue weighted by atomic mass is 9.95. The molecule has 1 aliphatic rings. The molecule has 0 spiro atoms. The summed E-state index contributed by atoms with van der Waals surface area (Å²) in [5.41, 5.74) is 4.30. The molecule has 2 heterocycles. The van der Waals surface area contributed by atoms with E-state index in [1.54, 1.807) is 29.9 Å². The molecule has 1 aliphatic carbocycles. The third kappa shape index (κ3) is 4.81. The molecule has 0 saturated heterocycles. The van der Waals surface area contributed by atoms with Crippen LogP contribution >= 0.6 is 23.2 Å². The number of carbonyl (C=O) groups is 1. The monoisotopic (exact) mass is 509 g/mol. The third-order valence-corrected chi connectivity index (χ3v) is 6.88. The van der Waals surface area contributed by atoms with E-state index in [2.05, 4.69) is 20.7 Å². The van der Waals surface area contributed by atoms with Gasteiger partial charge in [-0.15, -0.1) is 10.2 Å². The Kier molecular flexibility index (Phi) is 6.58. The summed E-state index contributed by atoms with van der Waals surface area (Å²) in [6.45, 7) is 1.91. The Hall–Kier alpha value is -3.23. The Bertz CT molecular complexity index is 1370. The number of hydrogen-bond acceptors (Lipinski definition) is 5. The molecule has 1 fully saturated rings. The molecule has 0 atom stereocenters. The normalized spacial score (nSPS) is 14.3. The molecule has 0 unspecified atom stereocenters. The summed E-state index contributed by atoms with van der Waals surface area (Å²) < 4.78 is 1.72. The Labute approximate surface area is 213 Å². The zero-order valence-corrected chi connectivity index (χ0v) is 21.0. The van der Waals surface area contributed by atoms with Crippen molar-refractivity contribution in [1.29, 1.82) is 0 Å². The van der Waals surface area contributed by atoms with Crippen LogP contribution in [0.15, 0.2) is 42.5 Å². The Balaban J connectivity index is 1.57. The van der Waals surface area contributed by atoms with Crippen LogP contribution in [-0.2, 0) is 7.05 Å². The summed E-state index contributed by atoms with van der Waals surface area (Å²) in [5.74, 6) is 0.373. The van der Waals surface area contributed by atoms with Gasteiger partial charge < -0.3 is 5.32 Å². The van der Waals surface area contributed by atoms with Gasteiger partial charge >= 0.3 is 0 Å². The molecule has 0 bridgehead atoms. The van der Waals surface area contributed by atoms with Crippen molar-refractivity contribution in [2.75, 3.05) is 0 Å². The topological polar surface area (TPSA) is 90.5 Å². The van der Waals surface area contributed by atoms with Crippen molar-refractivity contribution < 1.29 is 4.79 Å². The maximum Gasteiger partial charge on any atom is 0.272 e. The molecule has 0 radical (unpaired) electrons. The number of halogens is 2.